The first-order valence-corrected chi connectivity index (χ1v) is 9.00. The summed E-state index contributed by atoms with van der Waals surface area (Å²) in [7, 11) is 0. The number of hydrogen-bond acceptors (Lipinski definition) is 6. The molecule has 3 aromatic rings. The predicted molar refractivity (Wildman–Crippen MR) is 105 cm³/mol. The molecule has 0 radical (unpaired) electrons. The average molecular weight is 370 g/mol. The van der Waals surface area contributed by atoms with Crippen LogP contribution in [-0.4, -0.2) is 17.3 Å². The summed E-state index contributed by atoms with van der Waals surface area (Å²) in [5.41, 5.74) is 12.2. The van der Waals surface area contributed by atoms with Gasteiger partial charge in [0.15, 0.2) is 0 Å². The fourth-order valence-corrected chi connectivity index (χ4v) is 3.15. The summed E-state index contributed by atoms with van der Waals surface area (Å²) in [6.07, 6.45) is 1.75. The number of rotatable bonds is 2. The fourth-order valence-electron chi connectivity index (χ4n) is 2.22. The second-order valence-corrected chi connectivity index (χ2v) is 6.59. The summed E-state index contributed by atoms with van der Waals surface area (Å²) >= 11 is 1.76. The van der Waals surface area contributed by atoms with Gasteiger partial charge in [0, 0.05) is 35.9 Å². The van der Waals surface area contributed by atoms with E-state index >= 15 is 0 Å². The smallest absolute Gasteiger partial charge is 0.146 e. The molecule has 7 heteroatoms. The topological polar surface area (TPSA) is 86.2 Å². The number of nitrogen functional groups attached to an aromatic ring is 2. The molecule has 1 aliphatic rings. The van der Waals surface area contributed by atoms with E-state index in [1.165, 1.54) is 24.3 Å². The van der Waals surface area contributed by atoms with Crippen LogP contribution in [0.15, 0.2) is 65.7 Å². The zero-order valence-corrected chi connectivity index (χ0v) is 14.8. The molecule has 0 amide bonds. The molecule has 0 spiro atoms. The van der Waals surface area contributed by atoms with E-state index in [1.54, 1.807) is 18.0 Å². The lowest BCUT2D eigenvalue weighted by Crippen LogP contribution is -2.12. The van der Waals surface area contributed by atoms with Gasteiger partial charge in [0.1, 0.15) is 23.1 Å². The summed E-state index contributed by atoms with van der Waals surface area (Å²) < 4.78 is 17.9. The molecule has 5 N–H and O–H groups in total. The second-order valence-electron chi connectivity index (χ2n) is 5.48. The molecule has 26 heavy (non-hydrogen) atoms. The average Bonchev–Trinajstić information content (AvgIpc) is 2.67. The van der Waals surface area contributed by atoms with Crippen LogP contribution in [0.2, 0.25) is 0 Å². The molecule has 4 rings (SSSR count). The highest BCUT2D eigenvalue weighted by Gasteiger charge is 2.15. The van der Waals surface area contributed by atoms with Gasteiger partial charge in [0.05, 0.1) is 4.90 Å². The van der Waals surface area contributed by atoms with Gasteiger partial charge in [0.25, 0.3) is 0 Å². The Balaban J connectivity index is 0.000000206. The second kappa shape index (κ2) is 8.44. The van der Waals surface area contributed by atoms with Crippen LogP contribution < -0.4 is 21.5 Å². The standard InChI is InChI=1S/C13H13N3OS.C6H6FN/c14-9-1-3-10(4-2-9)17-11-5-6-15-13-12(11)18-8-7-16-13;7-5-1-3-6(8)4-2-5/h1-6H,7-8,14H2,(H,15,16);1-4H,8H2. The van der Waals surface area contributed by atoms with Gasteiger partial charge >= 0.3 is 0 Å². The van der Waals surface area contributed by atoms with Crippen molar-refractivity contribution in [1.82, 2.24) is 4.98 Å². The Bertz CT molecular complexity index is 835. The van der Waals surface area contributed by atoms with E-state index in [9.17, 15) is 4.39 Å². The van der Waals surface area contributed by atoms with Gasteiger partial charge in [-0.2, -0.15) is 0 Å². The molecule has 0 unspecified atom stereocenters. The molecule has 5 nitrogen and oxygen atoms in total. The lowest BCUT2D eigenvalue weighted by atomic mass is 10.3. The Hall–Kier alpha value is -2.93. The van der Waals surface area contributed by atoms with E-state index in [4.69, 9.17) is 16.2 Å². The van der Waals surface area contributed by atoms with Gasteiger partial charge in [-0.05, 0) is 48.5 Å². The van der Waals surface area contributed by atoms with Crippen LogP contribution >= 0.6 is 11.8 Å². The van der Waals surface area contributed by atoms with Crippen molar-refractivity contribution in [2.24, 2.45) is 0 Å². The highest BCUT2D eigenvalue weighted by Crippen LogP contribution is 2.39. The van der Waals surface area contributed by atoms with Gasteiger partial charge in [-0.15, -0.1) is 11.8 Å². The lowest BCUT2D eigenvalue weighted by molar-refractivity contribution is 0.470. The zero-order chi connectivity index (χ0) is 18.4. The van der Waals surface area contributed by atoms with Crippen molar-refractivity contribution in [2.75, 3.05) is 29.1 Å². The third-order valence-corrected chi connectivity index (χ3v) is 4.58. The third kappa shape index (κ3) is 4.80. The van der Waals surface area contributed by atoms with Crippen molar-refractivity contribution < 1.29 is 9.13 Å². The van der Waals surface area contributed by atoms with Crippen molar-refractivity contribution >= 4 is 29.0 Å². The number of fused-ring (bicyclic) bond motifs is 1. The first kappa shape index (κ1) is 17.9. The first-order chi connectivity index (χ1) is 12.6. The minimum Gasteiger partial charge on any atom is -0.456 e. The number of hydrogen-bond donors (Lipinski definition) is 3. The van der Waals surface area contributed by atoms with E-state index in [2.05, 4.69) is 10.3 Å². The molecule has 134 valence electrons. The number of nitrogens with one attached hydrogen (secondary N) is 1. The maximum Gasteiger partial charge on any atom is 0.146 e. The number of anilines is 3. The quantitative estimate of drug-likeness (QED) is 0.580. The van der Waals surface area contributed by atoms with Gasteiger partial charge in [-0.1, -0.05) is 0 Å². The van der Waals surface area contributed by atoms with Crippen LogP contribution in [0.1, 0.15) is 0 Å². The van der Waals surface area contributed by atoms with Crippen molar-refractivity contribution in [2.45, 2.75) is 4.90 Å². The number of pyridine rings is 1. The zero-order valence-electron chi connectivity index (χ0n) is 14.0. The van der Waals surface area contributed by atoms with Crippen molar-refractivity contribution in [3.05, 3.63) is 66.6 Å². The van der Waals surface area contributed by atoms with E-state index in [1.807, 2.05) is 30.3 Å². The normalized spacial score (nSPS) is 12.2. The maximum atomic E-state index is 12.0. The number of halogens is 1. The van der Waals surface area contributed by atoms with Crippen LogP contribution in [0.4, 0.5) is 21.6 Å². The molecule has 0 bridgehead atoms. The monoisotopic (exact) mass is 370 g/mol. The summed E-state index contributed by atoms with van der Waals surface area (Å²) in [4.78, 5) is 5.37. The Kier molecular flexibility index (Phi) is 5.80. The third-order valence-electron chi connectivity index (χ3n) is 3.49. The summed E-state index contributed by atoms with van der Waals surface area (Å²) in [5, 5.41) is 3.27. The SMILES string of the molecule is Nc1ccc(F)cc1.Nc1ccc(Oc2ccnc3c2SCCN3)cc1. The summed E-state index contributed by atoms with van der Waals surface area (Å²) in [6.45, 7) is 0.940. The van der Waals surface area contributed by atoms with Crippen molar-refractivity contribution in [1.29, 1.82) is 0 Å². The van der Waals surface area contributed by atoms with Crippen molar-refractivity contribution in [3.8, 4) is 11.5 Å². The molecular weight excluding hydrogens is 351 g/mol. The van der Waals surface area contributed by atoms with E-state index in [0.717, 1.165) is 40.2 Å². The fraction of sp³-hybridized carbons (Fsp3) is 0.105. The minimum atomic E-state index is -0.251. The number of nitrogens with two attached hydrogens (primary N) is 2. The highest BCUT2D eigenvalue weighted by molar-refractivity contribution is 7.99. The van der Waals surface area contributed by atoms with Crippen LogP contribution in [0.25, 0.3) is 0 Å². The van der Waals surface area contributed by atoms with Gasteiger partial charge < -0.3 is 21.5 Å². The number of nitrogens with zero attached hydrogens (tertiary/aromatic N) is 1. The largest absolute Gasteiger partial charge is 0.456 e. The molecule has 0 saturated heterocycles. The Morgan fingerprint density at radius 2 is 1.62 bits per heavy atom. The van der Waals surface area contributed by atoms with E-state index < -0.39 is 0 Å². The van der Waals surface area contributed by atoms with Crippen LogP contribution in [0.5, 0.6) is 11.5 Å². The van der Waals surface area contributed by atoms with E-state index in [-0.39, 0.29) is 5.82 Å². The molecular formula is C19H19FN4OS. The molecule has 0 aliphatic carbocycles. The summed E-state index contributed by atoms with van der Waals surface area (Å²) in [5.74, 6) is 3.29. The number of aromatic nitrogens is 1. The molecule has 0 saturated carbocycles. The Morgan fingerprint density at radius 3 is 2.27 bits per heavy atom. The maximum absolute atomic E-state index is 12.0. The first-order valence-electron chi connectivity index (χ1n) is 8.02. The van der Waals surface area contributed by atoms with Crippen LogP contribution in [-0.2, 0) is 0 Å². The molecule has 2 heterocycles. The predicted octanol–water partition coefficient (Wildman–Crippen LogP) is 4.38. The Morgan fingerprint density at radius 1 is 0.962 bits per heavy atom. The lowest BCUT2D eigenvalue weighted by Gasteiger charge is -2.19. The van der Waals surface area contributed by atoms with Crippen LogP contribution in [0.3, 0.4) is 0 Å². The number of thioether (sulfide) groups is 1. The molecule has 0 atom stereocenters. The van der Waals surface area contributed by atoms with Gasteiger partial charge in [0.2, 0.25) is 0 Å². The van der Waals surface area contributed by atoms with Gasteiger partial charge in [-0.25, -0.2) is 9.37 Å². The number of benzene rings is 2. The van der Waals surface area contributed by atoms with Crippen molar-refractivity contribution in [3.63, 3.8) is 0 Å². The molecule has 0 fully saturated rings. The molecule has 1 aromatic heterocycles. The minimum absolute atomic E-state index is 0.251. The highest BCUT2D eigenvalue weighted by atomic mass is 32.2. The number of ether oxygens (including phenoxy) is 1. The molecule has 1 aliphatic heterocycles. The van der Waals surface area contributed by atoms with E-state index in [0.29, 0.717) is 5.69 Å². The van der Waals surface area contributed by atoms with Crippen LogP contribution in [0, 0.1) is 5.82 Å². The Labute approximate surface area is 155 Å². The molecule has 2 aromatic carbocycles. The van der Waals surface area contributed by atoms with Gasteiger partial charge in [-0.3, -0.25) is 0 Å². The summed E-state index contributed by atoms with van der Waals surface area (Å²) in [6, 6.07) is 15.0.